The van der Waals surface area contributed by atoms with Gasteiger partial charge in [0.2, 0.25) is 0 Å². The number of benzene rings is 2. The third kappa shape index (κ3) is 4.44. The van der Waals surface area contributed by atoms with Gasteiger partial charge in [0.25, 0.3) is 5.91 Å². The molecule has 0 saturated carbocycles. The van der Waals surface area contributed by atoms with Crippen molar-refractivity contribution in [3.8, 4) is 5.69 Å². The maximum atomic E-state index is 13.1. The van der Waals surface area contributed by atoms with Crippen molar-refractivity contribution in [3.05, 3.63) is 75.4 Å². The number of halogens is 2. The van der Waals surface area contributed by atoms with E-state index in [0.29, 0.717) is 5.69 Å². The van der Waals surface area contributed by atoms with Crippen LogP contribution in [0.2, 0.25) is 10.0 Å². The van der Waals surface area contributed by atoms with Crippen molar-refractivity contribution in [1.82, 2.24) is 24.6 Å². The average molecular weight is 485 g/mol. The fourth-order valence-corrected chi connectivity index (χ4v) is 4.58. The first-order valence-electron chi connectivity index (χ1n) is 10.4. The number of carbonyl (C=O) groups is 1. The molecule has 170 valence electrons. The summed E-state index contributed by atoms with van der Waals surface area (Å²) in [5, 5.41) is 24.3. The predicted molar refractivity (Wildman–Crippen MR) is 129 cm³/mol. The highest BCUT2D eigenvalue weighted by molar-refractivity contribution is 6.40. The lowest BCUT2D eigenvalue weighted by molar-refractivity contribution is 0.0943. The van der Waals surface area contributed by atoms with Gasteiger partial charge in [-0.05, 0) is 37.6 Å². The topological polar surface area (TPSA) is 97.3 Å². The van der Waals surface area contributed by atoms with Gasteiger partial charge in [-0.2, -0.15) is 0 Å². The number of aryl methyl sites for hydroxylation is 1. The molecule has 0 radical (unpaired) electrons. The molecular weight excluding hydrogens is 463 g/mol. The minimum absolute atomic E-state index is 0.191. The van der Waals surface area contributed by atoms with Crippen LogP contribution in [0.4, 0.5) is 0 Å². The first kappa shape index (κ1) is 22.8. The van der Waals surface area contributed by atoms with Gasteiger partial charge in [0.05, 0.1) is 39.7 Å². The number of oxime groups is 1. The van der Waals surface area contributed by atoms with Gasteiger partial charge in [-0.3, -0.25) is 9.36 Å². The van der Waals surface area contributed by atoms with Gasteiger partial charge in [0.15, 0.2) is 0 Å². The summed E-state index contributed by atoms with van der Waals surface area (Å²) in [5.41, 5.74) is 4.66. The Bertz CT molecular complexity index is 1320. The Kier molecular flexibility index (Phi) is 6.67. The van der Waals surface area contributed by atoms with Crippen molar-refractivity contribution < 1.29 is 10.0 Å². The van der Waals surface area contributed by atoms with Crippen LogP contribution in [0.25, 0.3) is 16.6 Å². The Morgan fingerprint density at radius 1 is 1.18 bits per heavy atom. The standard InChI is InChI=1S/C23H22Cl2N6O2/c1-3-4-20-17(10-29-33)16-7-14(2)5-6-21(16)31(20)11-26-23(32)22-18(24)8-15(9-19(22)25)30-12-27-28-13-30/h5-10,12-13,33H,3-4,11H2,1-2H3,(H,26,32)/b29-10+. The van der Waals surface area contributed by atoms with E-state index in [4.69, 9.17) is 23.2 Å². The maximum absolute atomic E-state index is 13.1. The van der Waals surface area contributed by atoms with Crippen molar-refractivity contribution in [2.45, 2.75) is 33.4 Å². The molecule has 0 fully saturated rings. The van der Waals surface area contributed by atoms with E-state index in [1.54, 1.807) is 16.7 Å². The number of nitrogens with one attached hydrogen (secondary N) is 1. The number of hydrogen-bond acceptors (Lipinski definition) is 5. The van der Waals surface area contributed by atoms with Crippen LogP contribution in [0.3, 0.4) is 0 Å². The van der Waals surface area contributed by atoms with Crippen molar-refractivity contribution in [2.24, 2.45) is 5.16 Å². The van der Waals surface area contributed by atoms with E-state index in [1.165, 1.54) is 18.9 Å². The van der Waals surface area contributed by atoms with Gasteiger partial charge in [0, 0.05) is 16.6 Å². The molecule has 0 bridgehead atoms. The maximum Gasteiger partial charge on any atom is 0.255 e. The van der Waals surface area contributed by atoms with Crippen LogP contribution in [0.15, 0.2) is 48.1 Å². The second kappa shape index (κ2) is 9.64. The lowest BCUT2D eigenvalue weighted by atomic mass is 10.1. The van der Waals surface area contributed by atoms with Crippen molar-refractivity contribution in [3.63, 3.8) is 0 Å². The molecule has 0 aliphatic carbocycles. The smallest absolute Gasteiger partial charge is 0.255 e. The molecule has 0 unspecified atom stereocenters. The highest BCUT2D eigenvalue weighted by atomic mass is 35.5. The molecule has 2 N–H and O–H groups in total. The summed E-state index contributed by atoms with van der Waals surface area (Å²) in [5.74, 6) is -0.394. The second-order valence-electron chi connectivity index (χ2n) is 7.62. The van der Waals surface area contributed by atoms with Crippen molar-refractivity contribution in [2.75, 3.05) is 0 Å². The zero-order chi connectivity index (χ0) is 23.5. The number of fused-ring (bicyclic) bond motifs is 1. The van der Waals surface area contributed by atoms with Crippen LogP contribution in [-0.4, -0.2) is 36.7 Å². The Hall–Kier alpha value is -3.36. The quantitative estimate of drug-likeness (QED) is 0.219. The number of hydrogen-bond donors (Lipinski definition) is 2. The summed E-state index contributed by atoms with van der Waals surface area (Å²) in [6, 6.07) is 9.32. The monoisotopic (exact) mass is 484 g/mol. The zero-order valence-electron chi connectivity index (χ0n) is 18.1. The molecule has 0 spiro atoms. The summed E-state index contributed by atoms with van der Waals surface area (Å²) >= 11 is 12.8. The van der Waals surface area contributed by atoms with Crippen LogP contribution in [-0.2, 0) is 13.1 Å². The number of carbonyl (C=O) groups excluding carboxylic acids is 1. The van der Waals surface area contributed by atoms with Crippen molar-refractivity contribution >= 4 is 46.2 Å². The molecule has 0 aliphatic heterocycles. The summed E-state index contributed by atoms with van der Waals surface area (Å²) in [6.45, 7) is 4.28. The van der Waals surface area contributed by atoms with Gasteiger partial charge >= 0.3 is 0 Å². The van der Waals surface area contributed by atoms with Gasteiger partial charge in [-0.1, -0.05) is 53.3 Å². The average Bonchev–Trinajstić information content (AvgIpc) is 3.40. The normalized spacial score (nSPS) is 11.5. The number of rotatable bonds is 7. The number of amides is 1. The third-order valence-corrected chi connectivity index (χ3v) is 6.01. The van der Waals surface area contributed by atoms with Gasteiger partial charge in [-0.15, -0.1) is 10.2 Å². The molecule has 0 aliphatic rings. The van der Waals surface area contributed by atoms with E-state index in [-0.39, 0.29) is 22.3 Å². The molecule has 10 heteroatoms. The molecule has 1 amide bonds. The molecule has 33 heavy (non-hydrogen) atoms. The minimum atomic E-state index is -0.394. The first-order chi connectivity index (χ1) is 15.9. The minimum Gasteiger partial charge on any atom is -0.411 e. The summed E-state index contributed by atoms with van der Waals surface area (Å²) < 4.78 is 3.66. The van der Waals surface area contributed by atoms with E-state index in [2.05, 4.69) is 27.6 Å². The molecular formula is C23H22Cl2N6O2. The zero-order valence-corrected chi connectivity index (χ0v) is 19.6. The van der Waals surface area contributed by atoms with E-state index in [9.17, 15) is 10.0 Å². The Morgan fingerprint density at radius 3 is 2.52 bits per heavy atom. The fraction of sp³-hybridized carbons (Fsp3) is 0.217. The number of aromatic nitrogens is 4. The molecule has 4 rings (SSSR count). The molecule has 0 atom stereocenters. The molecule has 2 heterocycles. The van der Waals surface area contributed by atoms with Crippen LogP contribution in [0.5, 0.6) is 0 Å². The highest BCUT2D eigenvalue weighted by Crippen LogP contribution is 2.30. The summed E-state index contributed by atoms with van der Waals surface area (Å²) in [7, 11) is 0. The lowest BCUT2D eigenvalue weighted by Crippen LogP contribution is -2.27. The largest absolute Gasteiger partial charge is 0.411 e. The number of nitrogens with zero attached hydrogens (tertiary/aromatic N) is 5. The van der Waals surface area contributed by atoms with Crippen LogP contribution < -0.4 is 5.32 Å². The van der Waals surface area contributed by atoms with Crippen LogP contribution in [0, 0.1) is 6.92 Å². The van der Waals surface area contributed by atoms with Crippen molar-refractivity contribution in [1.29, 1.82) is 0 Å². The Labute approximate surface area is 200 Å². The first-order valence-corrected chi connectivity index (χ1v) is 11.1. The molecule has 2 aromatic carbocycles. The Morgan fingerprint density at radius 2 is 1.88 bits per heavy atom. The fourth-order valence-electron chi connectivity index (χ4n) is 3.94. The second-order valence-corrected chi connectivity index (χ2v) is 8.44. The summed E-state index contributed by atoms with van der Waals surface area (Å²) in [4.78, 5) is 13.1. The van der Waals surface area contributed by atoms with Gasteiger partial charge in [-0.25, -0.2) is 0 Å². The van der Waals surface area contributed by atoms with Crippen LogP contribution >= 0.6 is 23.2 Å². The molecule has 4 aromatic rings. The Balaban J connectivity index is 1.68. The summed E-state index contributed by atoms with van der Waals surface area (Å²) in [6.07, 6.45) is 6.12. The molecule has 2 aromatic heterocycles. The SMILES string of the molecule is CCCc1c(/C=N/O)c2cc(C)ccc2n1CNC(=O)c1c(Cl)cc(-n2cnnc2)cc1Cl. The lowest BCUT2D eigenvalue weighted by Gasteiger charge is -2.14. The van der Waals surface area contributed by atoms with E-state index in [1.807, 2.05) is 29.7 Å². The van der Waals surface area contributed by atoms with Gasteiger partial charge in [0.1, 0.15) is 12.7 Å². The third-order valence-electron chi connectivity index (χ3n) is 5.41. The predicted octanol–water partition coefficient (Wildman–Crippen LogP) is 4.99. The van der Waals surface area contributed by atoms with E-state index in [0.717, 1.165) is 40.6 Å². The molecule has 8 nitrogen and oxygen atoms in total. The molecule has 0 saturated heterocycles. The van der Waals surface area contributed by atoms with E-state index >= 15 is 0 Å². The van der Waals surface area contributed by atoms with E-state index < -0.39 is 5.91 Å². The highest BCUT2D eigenvalue weighted by Gasteiger charge is 2.20. The van der Waals surface area contributed by atoms with Gasteiger partial charge < -0.3 is 15.1 Å². The van der Waals surface area contributed by atoms with Crippen LogP contribution in [0.1, 0.15) is 40.5 Å².